The second-order valence-corrected chi connectivity index (χ2v) is 7.70. The van der Waals surface area contributed by atoms with Crippen LogP contribution in [0, 0.1) is 10.1 Å². The van der Waals surface area contributed by atoms with Gasteiger partial charge in [0.2, 0.25) is 23.6 Å². The number of nitro benzene ring substituents is 1. The fourth-order valence-corrected chi connectivity index (χ4v) is 3.83. The lowest BCUT2D eigenvalue weighted by atomic mass is 10.1. The van der Waals surface area contributed by atoms with Crippen LogP contribution in [0.2, 0.25) is 0 Å². The van der Waals surface area contributed by atoms with E-state index in [-0.39, 0.29) is 11.3 Å². The van der Waals surface area contributed by atoms with Crippen LogP contribution in [0.1, 0.15) is 44.1 Å². The highest BCUT2D eigenvalue weighted by molar-refractivity contribution is 5.85. The van der Waals surface area contributed by atoms with Crippen molar-refractivity contribution in [2.45, 2.75) is 38.5 Å². The van der Waals surface area contributed by atoms with Gasteiger partial charge in [-0.25, -0.2) is 5.43 Å². The van der Waals surface area contributed by atoms with Crippen LogP contribution in [-0.4, -0.2) is 57.4 Å². The zero-order chi connectivity index (χ0) is 21.6. The Balaban J connectivity index is 1.57. The number of nitrogens with zero attached hydrogens (tertiary/aromatic N) is 7. The molecule has 0 aliphatic carbocycles. The number of piperidine rings is 2. The van der Waals surface area contributed by atoms with Crippen molar-refractivity contribution in [3.05, 3.63) is 33.9 Å². The van der Waals surface area contributed by atoms with E-state index in [0.717, 1.165) is 51.9 Å². The Hall–Kier alpha value is -3.50. The van der Waals surface area contributed by atoms with E-state index in [1.54, 1.807) is 6.07 Å². The van der Waals surface area contributed by atoms with Gasteiger partial charge in [-0.3, -0.25) is 10.1 Å². The summed E-state index contributed by atoms with van der Waals surface area (Å²) in [5, 5.41) is 25.2. The van der Waals surface area contributed by atoms with Gasteiger partial charge in [-0.1, -0.05) is 6.07 Å². The summed E-state index contributed by atoms with van der Waals surface area (Å²) < 4.78 is 0. The molecule has 31 heavy (non-hydrogen) atoms. The first-order valence-electron chi connectivity index (χ1n) is 10.6. The van der Waals surface area contributed by atoms with E-state index in [4.69, 9.17) is 4.98 Å². The summed E-state index contributed by atoms with van der Waals surface area (Å²) >= 11 is 0. The molecule has 3 heterocycles. The standard InChI is InChI=1S/C20H26N8O3/c29-17-15(8-7-9-16(17)28(30)31)14-21-25-18-22-19(26-10-3-1-4-11-26)24-20(23-18)27-12-5-2-6-13-27/h7-9,14,29H,1-6,10-13H2,(H,22,23,24,25). The molecule has 4 rings (SSSR count). The Bertz CT molecular complexity index is 919. The van der Waals surface area contributed by atoms with Gasteiger partial charge in [-0.05, 0) is 44.6 Å². The average Bonchev–Trinajstić information content (AvgIpc) is 2.81. The lowest BCUT2D eigenvalue weighted by Gasteiger charge is -2.30. The topological polar surface area (TPSA) is 133 Å². The highest BCUT2D eigenvalue weighted by atomic mass is 16.6. The van der Waals surface area contributed by atoms with Crippen molar-refractivity contribution >= 4 is 29.7 Å². The summed E-state index contributed by atoms with van der Waals surface area (Å²) in [6.45, 7) is 3.64. The van der Waals surface area contributed by atoms with Crippen molar-refractivity contribution < 1.29 is 10.0 Å². The number of hydrazone groups is 1. The molecule has 2 aliphatic heterocycles. The van der Waals surface area contributed by atoms with Crippen molar-refractivity contribution in [3.8, 4) is 5.75 Å². The van der Waals surface area contributed by atoms with Crippen molar-refractivity contribution in [1.82, 2.24) is 15.0 Å². The molecular formula is C20H26N8O3. The highest BCUT2D eigenvalue weighted by Gasteiger charge is 2.20. The molecule has 0 atom stereocenters. The van der Waals surface area contributed by atoms with E-state index >= 15 is 0 Å². The third-order valence-corrected chi connectivity index (χ3v) is 5.50. The third-order valence-electron chi connectivity index (χ3n) is 5.50. The van der Waals surface area contributed by atoms with E-state index in [1.165, 1.54) is 31.2 Å². The van der Waals surface area contributed by atoms with E-state index < -0.39 is 10.7 Å². The van der Waals surface area contributed by atoms with E-state index in [9.17, 15) is 15.2 Å². The summed E-state index contributed by atoms with van der Waals surface area (Å²) in [7, 11) is 0. The average molecular weight is 426 g/mol. The monoisotopic (exact) mass is 426 g/mol. The van der Waals surface area contributed by atoms with E-state index in [0.29, 0.717) is 17.8 Å². The molecule has 0 amide bonds. The number of nitro groups is 1. The predicted octanol–water partition coefficient (Wildman–Crippen LogP) is 2.91. The molecule has 2 saturated heterocycles. The van der Waals surface area contributed by atoms with Crippen LogP contribution in [0.4, 0.5) is 23.5 Å². The van der Waals surface area contributed by atoms with Gasteiger partial charge in [-0.2, -0.15) is 20.1 Å². The zero-order valence-corrected chi connectivity index (χ0v) is 17.3. The van der Waals surface area contributed by atoms with Crippen LogP contribution < -0.4 is 15.2 Å². The van der Waals surface area contributed by atoms with Gasteiger partial charge in [0.05, 0.1) is 11.1 Å². The summed E-state index contributed by atoms with van der Waals surface area (Å²) in [6, 6.07) is 4.27. The Labute approximate surface area is 180 Å². The maximum Gasteiger partial charge on any atom is 0.311 e. The first kappa shape index (κ1) is 20.8. The van der Waals surface area contributed by atoms with Crippen LogP contribution >= 0.6 is 0 Å². The molecule has 2 aromatic rings. The van der Waals surface area contributed by atoms with Crippen LogP contribution in [-0.2, 0) is 0 Å². The minimum atomic E-state index is -0.637. The molecule has 164 valence electrons. The quantitative estimate of drug-likeness (QED) is 0.406. The molecule has 2 aliphatic rings. The summed E-state index contributed by atoms with van der Waals surface area (Å²) in [4.78, 5) is 28.5. The van der Waals surface area contributed by atoms with Gasteiger partial charge >= 0.3 is 5.69 Å². The number of phenolic OH excluding ortho intramolecular Hbond substituents is 1. The Kier molecular flexibility index (Phi) is 6.39. The summed E-state index contributed by atoms with van der Waals surface area (Å²) in [6.07, 6.45) is 8.17. The Morgan fingerprint density at radius 3 is 2.10 bits per heavy atom. The van der Waals surface area contributed by atoms with Gasteiger partial charge in [-0.15, -0.1) is 0 Å². The van der Waals surface area contributed by atoms with Crippen LogP contribution in [0.5, 0.6) is 5.75 Å². The second kappa shape index (κ2) is 9.54. The van der Waals surface area contributed by atoms with Gasteiger partial charge in [0.25, 0.3) is 0 Å². The first-order chi connectivity index (χ1) is 15.1. The van der Waals surface area contributed by atoms with Crippen molar-refractivity contribution in [1.29, 1.82) is 0 Å². The molecular weight excluding hydrogens is 400 g/mol. The van der Waals surface area contributed by atoms with Crippen molar-refractivity contribution in [2.24, 2.45) is 5.10 Å². The zero-order valence-electron chi connectivity index (χ0n) is 17.3. The fourth-order valence-electron chi connectivity index (χ4n) is 3.83. The lowest BCUT2D eigenvalue weighted by molar-refractivity contribution is -0.385. The van der Waals surface area contributed by atoms with Gasteiger partial charge in [0, 0.05) is 37.8 Å². The molecule has 0 spiro atoms. The molecule has 11 heteroatoms. The molecule has 11 nitrogen and oxygen atoms in total. The number of aromatic nitrogens is 3. The highest BCUT2D eigenvalue weighted by Crippen LogP contribution is 2.28. The molecule has 0 radical (unpaired) electrons. The number of anilines is 3. The maximum absolute atomic E-state index is 11.0. The van der Waals surface area contributed by atoms with Crippen molar-refractivity contribution in [3.63, 3.8) is 0 Å². The number of hydrogen-bond acceptors (Lipinski definition) is 10. The number of rotatable bonds is 6. The predicted molar refractivity (Wildman–Crippen MR) is 118 cm³/mol. The van der Waals surface area contributed by atoms with Crippen LogP contribution in [0.15, 0.2) is 23.3 Å². The molecule has 0 bridgehead atoms. The number of hydrogen-bond donors (Lipinski definition) is 2. The molecule has 1 aromatic heterocycles. The molecule has 2 fully saturated rings. The van der Waals surface area contributed by atoms with Crippen LogP contribution in [0.3, 0.4) is 0 Å². The maximum atomic E-state index is 11.0. The van der Waals surface area contributed by atoms with Crippen LogP contribution in [0.25, 0.3) is 0 Å². The third kappa shape index (κ3) is 4.98. The molecule has 0 unspecified atom stereocenters. The largest absolute Gasteiger partial charge is 0.502 e. The smallest absolute Gasteiger partial charge is 0.311 e. The van der Waals surface area contributed by atoms with E-state index in [1.807, 2.05) is 0 Å². The van der Waals surface area contributed by atoms with Gasteiger partial charge in [0.15, 0.2) is 0 Å². The number of para-hydroxylation sites is 1. The Morgan fingerprint density at radius 2 is 1.55 bits per heavy atom. The van der Waals surface area contributed by atoms with Gasteiger partial charge in [0.1, 0.15) is 0 Å². The normalized spacial score (nSPS) is 17.2. The summed E-state index contributed by atoms with van der Waals surface area (Å²) in [5.41, 5.74) is 2.65. The number of benzene rings is 1. The lowest BCUT2D eigenvalue weighted by Crippen LogP contribution is -2.34. The molecule has 1 aromatic carbocycles. The van der Waals surface area contributed by atoms with E-state index in [2.05, 4.69) is 30.3 Å². The molecule has 0 saturated carbocycles. The second-order valence-electron chi connectivity index (χ2n) is 7.70. The van der Waals surface area contributed by atoms with Gasteiger partial charge < -0.3 is 14.9 Å². The number of phenols is 1. The minimum Gasteiger partial charge on any atom is -0.502 e. The minimum absolute atomic E-state index is 0.225. The SMILES string of the molecule is O=[N+]([O-])c1cccc(C=NNc2nc(N3CCCCC3)nc(N3CCCCC3)n2)c1O. The number of aromatic hydroxyl groups is 1. The summed E-state index contributed by atoms with van der Waals surface area (Å²) in [5.74, 6) is 1.13. The first-order valence-corrected chi connectivity index (χ1v) is 10.6. The molecule has 2 N–H and O–H groups in total. The van der Waals surface area contributed by atoms with Crippen molar-refractivity contribution in [2.75, 3.05) is 41.4 Å². The fraction of sp³-hybridized carbons (Fsp3) is 0.500. The Morgan fingerprint density at radius 1 is 0.968 bits per heavy atom. The number of nitrogens with one attached hydrogen (secondary N) is 1.